The Morgan fingerprint density at radius 1 is 0.844 bits per heavy atom. The maximum atomic E-state index is 13.6. The van der Waals surface area contributed by atoms with E-state index in [0.717, 1.165) is 59.7 Å². The summed E-state index contributed by atoms with van der Waals surface area (Å²) in [5, 5.41) is 5.60. The lowest BCUT2D eigenvalue weighted by Crippen LogP contribution is -2.16. The number of ether oxygens (including phenoxy) is 1. The molecule has 5 rings (SSSR count). The zero-order valence-corrected chi connectivity index (χ0v) is 26.6. The van der Waals surface area contributed by atoms with E-state index in [1.165, 1.54) is 18.7 Å². The Bertz CT molecular complexity index is 1830. The van der Waals surface area contributed by atoms with Gasteiger partial charge >= 0.3 is 11.9 Å². The molecule has 2 heterocycles. The zero-order valence-electron chi connectivity index (χ0n) is 25.8. The monoisotopic (exact) mass is 624 g/mol. The Hall–Kier alpha value is -4.50. The van der Waals surface area contributed by atoms with Crippen molar-refractivity contribution in [3.8, 4) is 5.75 Å². The minimum Gasteiger partial charge on any atom is -0.423 e. The standard InChI is InChI=1S/C36H36N2O6S/c1-4-6-7-8-10-30(37-44-23(3)39)35(41)26-15-19-32-29(22-26)28-21-25(14-18-31(28)38(32)5-2)34(40)24-12-16-27(17-13-24)43-36(42)33-11-9-20-45-33/h11-19,21-22H,4-10,20H2,1-3H3/b37-30+. The summed E-state index contributed by atoms with van der Waals surface area (Å²) in [5.41, 5.74) is 3.50. The van der Waals surface area contributed by atoms with Gasteiger partial charge in [-0.15, -0.1) is 11.8 Å². The number of thioether (sulfide) groups is 1. The second-order valence-corrected chi connectivity index (χ2v) is 12.1. The summed E-state index contributed by atoms with van der Waals surface area (Å²) in [7, 11) is 0. The number of allylic oxidation sites excluding steroid dienone is 1. The number of Topliss-reactive ketones (excluding diaryl/α,β-unsaturated/α-hetero) is 1. The SMILES string of the molecule is CCCCCC/C(=N\OC(C)=O)C(=O)c1ccc2c(c1)c1cc(C(=O)c3ccc(OC(=O)C4=CCCS4)cc3)ccc1n2CC. The first kappa shape index (κ1) is 31.9. The number of carbonyl (C=O) groups excluding carboxylic acids is 4. The number of oxime groups is 1. The number of benzene rings is 3. The molecular weight excluding hydrogens is 588 g/mol. The predicted molar refractivity (Wildman–Crippen MR) is 178 cm³/mol. The fraction of sp³-hybridized carbons (Fsp3) is 0.306. The summed E-state index contributed by atoms with van der Waals surface area (Å²) in [6.07, 6.45) is 6.97. The number of hydrogen-bond donors (Lipinski definition) is 0. The molecule has 8 nitrogen and oxygen atoms in total. The Morgan fingerprint density at radius 2 is 1.51 bits per heavy atom. The van der Waals surface area contributed by atoms with E-state index in [4.69, 9.17) is 9.57 Å². The lowest BCUT2D eigenvalue weighted by atomic mass is 9.98. The highest BCUT2D eigenvalue weighted by atomic mass is 32.2. The number of rotatable bonds is 13. The Labute approximate surface area is 266 Å². The topological polar surface area (TPSA) is 104 Å². The van der Waals surface area contributed by atoms with E-state index in [2.05, 4.69) is 16.6 Å². The van der Waals surface area contributed by atoms with E-state index in [0.29, 0.717) is 40.3 Å². The summed E-state index contributed by atoms with van der Waals surface area (Å²) < 4.78 is 7.61. The van der Waals surface area contributed by atoms with Crippen LogP contribution in [0, 0.1) is 0 Å². The number of unbranched alkanes of at least 4 members (excludes halogenated alkanes) is 3. The van der Waals surface area contributed by atoms with Crippen molar-refractivity contribution >= 4 is 62.8 Å². The van der Waals surface area contributed by atoms with Gasteiger partial charge < -0.3 is 14.1 Å². The second kappa shape index (κ2) is 14.5. The van der Waals surface area contributed by atoms with Gasteiger partial charge in [0.05, 0.1) is 4.91 Å². The molecule has 45 heavy (non-hydrogen) atoms. The van der Waals surface area contributed by atoms with Crippen LogP contribution in [0.25, 0.3) is 21.8 Å². The molecule has 0 radical (unpaired) electrons. The van der Waals surface area contributed by atoms with Gasteiger partial charge in [-0.3, -0.25) is 9.59 Å². The molecule has 0 bridgehead atoms. The van der Waals surface area contributed by atoms with Gasteiger partial charge in [0.25, 0.3) is 0 Å². The Morgan fingerprint density at radius 3 is 2.13 bits per heavy atom. The van der Waals surface area contributed by atoms with Crippen molar-refractivity contribution in [2.75, 3.05) is 5.75 Å². The number of aromatic nitrogens is 1. The van der Waals surface area contributed by atoms with Crippen LogP contribution >= 0.6 is 11.8 Å². The molecule has 0 saturated carbocycles. The van der Waals surface area contributed by atoms with Gasteiger partial charge in [0.15, 0.2) is 5.78 Å². The summed E-state index contributed by atoms with van der Waals surface area (Å²) in [6, 6.07) is 17.7. The van der Waals surface area contributed by atoms with Crippen molar-refractivity contribution in [2.45, 2.75) is 65.8 Å². The van der Waals surface area contributed by atoms with Crippen LogP contribution in [0.5, 0.6) is 5.75 Å². The first-order chi connectivity index (χ1) is 21.8. The summed E-state index contributed by atoms with van der Waals surface area (Å²) in [6.45, 7) is 6.12. The van der Waals surface area contributed by atoms with Crippen LogP contribution in [-0.2, 0) is 21.0 Å². The first-order valence-corrected chi connectivity index (χ1v) is 16.3. The first-order valence-electron chi connectivity index (χ1n) is 15.4. The van der Waals surface area contributed by atoms with Crippen molar-refractivity contribution in [1.82, 2.24) is 4.57 Å². The molecule has 1 aliphatic heterocycles. The number of nitrogens with zero attached hydrogens (tertiary/aromatic N) is 2. The molecule has 1 aromatic heterocycles. The lowest BCUT2D eigenvalue weighted by molar-refractivity contribution is -0.141. The normalized spacial score (nSPS) is 13.2. The molecule has 0 saturated heterocycles. The maximum Gasteiger partial charge on any atom is 0.349 e. The third kappa shape index (κ3) is 7.26. The highest BCUT2D eigenvalue weighted by Gasteiger charge is 2.20. The Balaban J connectivity index is 1.44. The third-order valence-electron chi connectivity index (χ3n) is 7.75. The van der Waals surface area contributed by atoms with E-state index in [1.807, 2.05) is 37.3 Å². The van der Waals surface area contributed by atoms with Gasteiger partial charge in [0, 0.05) is 57.7 Å². The molecule has 0 amide bonds. The third-order valence-corrected chi connectivity index (χ3v) is 8.84. The van der Waals surface area contributed by atoms with Crippen LogP contribution in [0.2, 0.25) is 0 Å². The number of hydrogen-bond acceptors (Lipinski definition) is 8. The van der Waals surface area contributed by atoms with Crippen molar-refractivity contribution in [3.05, 3.63) is 88.3 Å². The Kier molecular flexibility index (Phi) is 10.3. The van der Waals surface area contributed by atoms with Crippen LogP contribution in [-0.4, -0.2) is 39.5 Å². The highest BCUT2D eigenvalue weighted by Crippen LogP contribution is 2.32. The second-order valence-electron chi connectivity index (χ2n) is 10.9. The van der Waals surface area contributed by atoms with Gasteiger partial charge in [-0.25, -0.2) is 9.59 Å². The predicted octanol–water partition coefficient (Wildman–Crippen LogP) is 8.04. The average Bonchev–Trinajstić information content (AvgIpc) is 3.70. The molecule has 9 heteroatoms. The number of ketones is 2. The highest BCUT2D eigenvalue weighted by molar-refractivity contribution is 8.04. The van der Waals surface area contributed by atoms with Crippen molar-refractivity contribution in [1.29, 1.82) is 0 Å². The van der Waals surface area contributed by atoms with Crippen LogP contribution in [0.3, 0.4) is 0 Å². The van der Waals surface area contributed by atoms with Crippen LogP contribution in [0.1, 0.15) is 85.6 Å². The molecule has 4 aromatic rings. The van der Waals surface area contributed by atoms with Gasteiger partial charge in [0.2, 0.25) is 5.78 Å². The molecule has 0 N–H and O–H groups in total. The maximum absolute atomic E-state index is 13.6. The summed E-state index contributed by atoms with van der Waals surface area (Å²) in [5.74, 6) is -0.163. The van der Waals surface area contributed by atoms with Gasteiger partial charge in [-0.1, -0.05) is 37.4 Å². The van der Waals surface area contributed by atoms with E-state index in [9.17, 15) is 19.2 Å². The number of carbonyl (C=O) groups is 4. The molecule has 0 atom stereocenters. The van der Waals surface area contributed by atoms with Gasteiger partial charge in [0.1, 0.15) is 11.5 Å². The van der Waals surface area contributed by atoms with Crippen LogP contribution < -0.4 is 4.74 Å². The number of aryl methyl sites for hydroxylation is 1. The van der Waals surface area contributed by atoms with E-state index in [1.54, 1.807) is 36.4 Å². The minimum absolute atomic E-state index is 0.170. The summed E-state index contributed by atoms with van der Waals surface area (Å²) in [4.78, 5) is 56.4. The van der Waals surface area contributed by atoms with E-state index < -0.39 is 5.97 Å². The molecule has 3 aromatic carbocycles. The van der Waals surface area contributed by atoms with Crippen molar-refractivity contribution < 1.29 is 28.8 Å². The largest absolute Gasteiger partial charge is 0.423 e. The van der Waals surface area contributed by atoms with Crippen LogP contribution in [0.4, 0.5) is 0 Å². The quantitative estimate of drug-likeness (QED) is 0.0282. The number of fused-ring (bicyclic) bond motifs is 3. The molecule has 0 aliphatic carbocycles. The fourth-order valence-corrected chi connectivity index (χ4v) is 6.34. The van der Waals surface area contributed by atoms with Crippen molar-refractivity contribution in [3.63, 3.8) is 0 Å². The molecule has 0 fully saturated rings. The minimum atomic E-state index is -0.580. The van der Waals surface area contributed by atoms with E-state index >= 15 is 0 Å². The molecule has 232 valence electrons. The van der Waals surface area contributed by atoms with Gasteiger partial charge in [-0.2, -0.15) is 0 Å². The van der Waals surface area contributed by atoms with E-state index in [-0.39, 0.29) is 23.2 Å². The van der Waals surface area contributed by atoms with Crippen LogP contribution in [0.15, 0.2) is 76.8 Å². The molecule has 1 aliphatic rings. The van der Waals surface area contributed by atoms with Crippen molar-refractivity contribution in [2.24, 2.45) is 5.16 Å². The zero-order chi connectivity index (χ0) is 31.9. The molecule has 0 unspecified atom stereocenters. The summed E-state index contributed by atoms with van der Waals surface area (Å²) >= 11 is 1.48. The van der Waals surface area contributed by atoms with Gasteiger partial charge in [-0.05, 0) is 86.8 Å². The average molecular weight is 625 g/mol. The lowest BCUT2D eigenvalue weighted by Gasteiger charge is -2.07. The molecule has 0 spiro atoms. The smallest absolute Gasteiger partial charge is 0.349 e. The number of esters is 1. The fourth-order valence-electron chi connectivity index (χ4n) is 5.49. The molecular formula is C36H36N2O6S.